The van der Waals surface area contributed by atoms with Gasteiger partial charge in [-0.05, 0) is 13.8 Å². The van der Waals surface area contributed by atoms with Crippen molar-refractivity contribution in [3.8, 4) is 11.7 Å². The summed E-state index contributed by atoms with van der Waals surface area (Å²) in [6.45, 7) is 3.71. The van der Waals surface area contributed by atoms with Gasteiger partial charge in [-0.3, -0.25) is 0 Å². The molecule has 1 unspecified atom stereocenters. The Morgan fingerprint density at radius 3 is 2.80 bits per heavy atom. The average molecular weight is 208 g/mol. The number of aromatic nitrogens is 3. The molecule has 0 aliphatic rings. The summed E-state index contributed by atoms with van der Waals surface area (Å²) < 4.78 is 10.0. The third-order valence-electron chi connectivity index (χ3n) is 1.81. The molecule has 0 saturated carbocycles. The third kappa shape index (κ3) is 2.21. The van der Waals surface area contributed by atoms with Crippen LogP contribution in [-0.2, 0) is 6.42 Å². The molecule has 6 heteroatoms. The lowest BCUT2D eigenvalue weighted by Gasteiger charge is -1.96. The van der Waals surface area contributed by atoms with Crippen LogP contribution < -0.4 is 5.73 Å². The first-order valence-electron chi connectivity index (χ1n) is 4.67. The number of hydrogen-bond donors (Lipinski definition) is 1. The van der Waals surface area contributed by atoms with Crippen molar-refractivity contribution in [1.29, 1.82) is 0 Å². The fourth-order valence-electron chi connectivity index (χ4n) is 1.19. The van der Waals surface area contributed by atoms with Gasteiger partial charge < -0.3 is 14.8 Å². The van der Waals surface area contributed by atoms with Crippen LogP contribution in [0.3, 0.4) is 0 Å². The summed E-state index contributed by atoms with van der Waals surface area (Å²) in [6, 6.07) is 1.75. The van der Waals surface area contributed by atoms with E-state index in [1.807, 2.05) is 13.8 Å². The lowest BCUT2D eigenvalue weighted by Crippen LogP contribution is -2.18. The molecule has 6 nitrogen and oxygen atoms in total. The van der Waals surface area contributed by atoms with Crippen LogP contribution in [0.1, 0.15) is 18.4 Å². The number of aryl methyl sites for hydroxylation is 1. The predicted molar refractivity (Wildman–Crippen MR) is 51.9 cm³/mol. The van der Waals surface area contributed by atoms with Crippen molar-refractivity contribution in [1.82, 2.24) is 15.3 Å². The third-order valence-corrected chi connectivity index (χ3v) is 1.81. The highest BCUT2D eigenvalue weighted by Crippen LogP contribution is 2.17. The van der Waals surface area contributed by atoms with Crippen LogP contribution in [0.2, 0.25) is 0 Å². The second kappa shape index (κ2) is 3.82. The summed E-state index contributed by atoms with van der Waals surface area (Å²) >= 11 is 0. The largest absolute Gasteiger partial charge is 0.351 e. The fourth-order valence-corrected chi connectivity index (χ4v) is 1.19. The molecule has 0 amide bonds. The zero-order valence-corrected chi connectivity index (χ0v) is 8.60. The molecule has 0 aromatic carbocycles. The lowest BCUT2D eigenvalue weighted by molar-refractivity contribution is 0.379. The van der Waals surface area contributed by atoms with Crippen molar-refractivity contribution in [2.75, 3.05) is 0 Å². The van der Waals surface area contributed by atoms with Gasteiger partial charge in [-0.25, -0.2) is 0 Å². The van der Waals surface area contributed by atoms with Gasteiger partial charge in [0.1, 0.15) is 0 Å². The predicted octanol–water partition coefficient (Wildman–Crippen LogP) is 0.923. The molecule has 0 saturated heterocycles. The van der Waals surface area contributed by atoms with Crippen molar-refractivity contribution in [3.63, 3.8) is 0 Å². The van der Waals surface area contributed by atoms with Gasteiger partial charge in [-0.2, -0.15) is 4.98 Å². The van der Waals surface area contributed by atoms with Gasteiger partial charge in [0.2, 0.25) is 5.76 Å². The van der Waals surface area contributed by atoms with Crippen LogP contribution >= 0.6 is 0 Å². The van der Waals surface area contributed by atoms with E-state index >= 15 is 0 Å². The van der Waals surface area contributed by atoms with Crippen molar-refractivity contribution in [2.45, 2.75) is 26.3 Å². The first-order valence-corrected chi connectivity index (χ1v) is 4.67. The van der Waals surface area contributed by atoms with Crippen LogP contribution in [0.5, 0.6) is 0 Å². The fraction of sp³-hybridized carbons (Fsp3) is 0.444. The summed E-state index contributed by atoms with van der Waals surface area (Å²) in [5.41, 5.74) is 6.39. The zero-order valence-electron chi connectivity index (χ0n) is 8.60. The molecule has 80 valence electrons. The Labute approximate surface area is 86.4 Å². The molecule has 0 aliphatic carbocycles. The van der Waals surface area contributed by atoms with Gasteiger partial charge >= 0.3 is 0 Å². The lowest BCUT2D eigenvalue weighted by atomic mass is 10.2. The van der Waals surface area contributed by atoms with Gasteiger partial charge in [0, 0.05) is 18.5 Å². The maximum absolute atomic E-state index is 5.62. The van der Waals surface area contributed by atoms with Gasteiger partial charge in [0.15, 0.2) is 5.82 Å². The molecule has 2 aromatic rings. The Balaban J connectivity index is 2.20. The summed E-state index contributed by atoms with van der Waals surface area (Å²) in [6.07, 6.45) is 0.580. The Hall–Kier alpha value is -1.69. The molecule has 0 fully saturated rings. The minimum absolute atomic E-state index is 0.00640. The Kier molecular flexibility index (Phi) is 2.51. The van der Waals surface area contributed by atoms with E-state index in [1.54, 1.807) is 6.07 Å². The highest BCUT2D eigenvalue weighted by atomic mass is 16.5. The van der Waals surface area contributed by atoms with E-state index in [1.165, 1.54) is 0 Å². The summed E-state index contributed by atoms with van der Waals surface area (Å²) in [5.74, 6) is 1.40. The zero-order chi connectivity index (χ0) is 10.8. The van der Waals surface area contributed by atoms with Gasteiger partial charge in [-0.1, -0.05) is 10.3 Å². The van der Waals surface area contributed by atoms with E-state index in [0.717, 1.165) is 5.69 Å². The van der Waals surface area contributed by atoms with Crippen LogP contribution in [0.15, 0.2) is 15.1 Å². The molecule has 2 rings (SSSR count). The smallest absolute Gasteiger partial charge is 0.296 e. The molecule has 0 spiro atoms. The van der Waals surface area contributed by atoms with Crippen molar-refractivity contribution in [2.24, 2.45) is 5.73 Å². The average Bonchev–Trinajstić information content (AvgIpc) is 2.72. The molecular weight excluding hydrogens is 196 g/mol. The minimum Gasteiger partial charge on any atom is -0.351 e. The van der Waals surface area contributed by atoms with Crippen LogP contribution in [0.4, 0.5) is 0 Å². The van der Waals surface area contributed by atoms with E-state index in [0.29, 0.717) is 23.9 Å². The quantitative estimate of drug-likeness (QED) is 0.806. The molecular formula is C9H12N4O2. The van der Waals surface area contributed by atoms with Gasteiger partial charge in [-0.15, -0.1) is 0 Å². The highest BCUT2D eigenvalue weighted by Gasteiger charge is 2.13. The molecule has 0 bridgehead atoms. The monoisotopic (exact) mass is 208 g/mol. The van der Waals surface area contributed by atoms with Crippen LogP contribution in [0, 0.1) is 6.92 Å². The number of nitrogens with two attached hydrogens (primary N) is 1. The van der Waals surface area contributed by atoms with E-state index in [4.69, 9.17) is 14.8 Å². The maximum atomic E-state index is 5.62. The second-order valence-corrected chi connectivity index (χ2v) is 3.53. The van der Waals surface area contributed by atoms with Crippen molar-refractivity contribution in [3.05, 3.63) is 17.6 Å². The summed E-state index contributed by atoms with van der Waals surface area (Å²) in [5, 5.41) is 7.52. The molecule has 2 aromatic heterocycles. The molecule has 2 N–H and O–H groups in total. The summed E-state index contributed by atoms with van der Waals surface area (Å²) in [7, 11) is 0. The second-order valence-electron chi connectivity index (χ2n) is 3.53. The summed E-state index contributed by atoms with van der Waals surface area (Å²) in [4.78, 5) is 4.14. The van der Waals surface area contributed by atoms with Gasteiger partial charge in [0.25, 0.3) is 5.89 Å². The van der Waals surface area contributed by atoms with Crippen molar-refractivity contribution >= 4 is 0 Å². The van der Waals surface area contributed by atoms with E-state index in [2.05, 4.69) is 15.3 Å². The topological polar surface area (TPSA) is 91.0 Å². The van der Waals surface area contributed by atoms with Crippen LogP contribution in [-0.4, -0.2) is 21.3 Å². The first-order chi connectivity index (χ1) is 7.15. The molecule has 15 heavy (non-hydrogen) atoms. The molecule has 2 heterocycles. The number of hydrogen-bond acceptors (Lipinski definition) is 6. The molecule has 0 aliphatic heterocycles. The Morgan fingerprint density at radius 1 is 1.40 bits per heavy atom. The van der Waals surface area contributed by atoms with E-state index < -0.39 is 0 Å². The highest BCUT2D eigenvalue weighted by molar-refractivity contribution is 5.43. The number of rotatable bonds is 3. The maximum Gasteiger partial charge on any atom is 0.296 e. The Bertz CT molecular complexity index is 446. The standard InChI is InChI=1S/C9H12N4O2/c1-5(10)3-8-11-9(15-13-8)7-4-6(2)12-14-7/h4-5H,3,10H2,1-2H3. The normalized spacial score (nSPS) is 13.0. The minimum atomic E-state index is 0.00640. The Morgan fingerprint density at radius 2 is 2.20 bits per heavy atom. The molecule has 1 atom stereocenters. The van der Waals surface area contributed by atoms with Crippen LogP contribution in [0.25, 0.3) is 11.7 Å². The van der Waals surface area contributed by atoms with Gasteiger partial charge in [0.05, 0.1) is 5.69 Å². The van der Waals surface area contributed by atoms with Crippen molar-refractivity contribution < 1.29 is 9.05 Å². The van der Waals surface area contributed by atoms with E-state index in [9.17, 15) is 0 Å². The molecule has 0 radical (unpaired) electrons. The first kappa shape index (κ1) is 9.85. The number of nitrogens with zero attached hydrogens (tertiary/aromatic N) is 3. The van der Waals surface area contributed by atoms with E-state index in [-0.39, 0.29) is 6.04 Å². The SMILES string of the molecule is Cc1cc(-c2nc(CC(C)N)no2)on1.